The Morgan fingerprint density at radius 1 is 1.14 bits per heavy atom. The van der Waals surface area contributed by atoms with Gasteiger partial charge in [0.05, 0.1) is 17.2 Å². The summed E-state index contributed by atoms with van der Waals surface area (Å²) in [4.78, 5) is 17.2. The van der Waals surface area contributed by atoms with Gasteiger partial charge in [0.1, 0.15) is 17.0 Å². The smallest absolute Gasteiger partial charge is 0.156 e. The van der Waals surface area contributed by atoms with Crippen LogP contribution < -0.4 is 10.2 Å². The first-order chi connectivity index (χ1) is 12.9. The van der Waals surface area contributed by atoms with Crippen LogP contribution in [0.4, 0.5) is 11.5 Å². The molecule has 4 rings (SSSR count). The Balaban J connectivity index is 0.00000225. The summed E-state index contributed by atoms with van der Waals surface area (Å²) in [6, 6.07) is 10.4. The third-order valence-corrected chi connectivity index (χ3v) is 6.01. The highest BCUT2D eigenvalue weighted by atomic mass is 79.9. The van der Waals surface area contributed by atoms with E-state index in [4.69, 9.17) is 4.99 Å². The molecular formula is C21H26BrN5S. The van der Waals surface area contributed by atoms with Crippen LogP contribution in [0.5, 0.6) is 0 Å². The van der Waals surface area contributed by atoms with Gasteiger partial charge in [-0.1, -0.05) is 55.9 Å². The number of aromatic nitrogens is 2. The van der Waals surface area contributed by atoms with E-state index in [2.05, 4.69) is 53.4 Å². The summed E-state index contributed by atoms with van der Waals surface area (Å²) in [5.41, 5.74) is 4.84. The molecule has 0 unspecified atom stereocenters. The minimum absolute atomic E-state index is 0. The second-order valence-corrected chi connectivity index (χ2v) is 9.07. The number of nitrogens with zero attached hydrogens (tertiary/aromatic N) is 4. The van der Waals surface area contributed by atoms with Crippen LogP contribution in [0.15, 0.2) is 57.3 Å². The fourth-order valence-electron chi connectivity index (χ4n) is 3.58. The zero-order valence-corrected chi connectivity index (χ0v) is 19.2. The number of allylic oxidation sites excluding steroid dienone is 2. The first-order valence-corrected chi connectivity index (χ1v) is 10.0. The molecule has 0 fully saturated rings. The summed E-state index contributed by atoms with van der Waals surface area (Å²) in [6.07, 6.45) is 3.62. The van der Waals surface area contributed by atoms with Gasteiger partial charge in [-0.05, 0) is 23.8 Å². The first kappa shape index (κ1) is 20.9. The number of rotatable bonds is 3. The molecule has 7 heteroatoms. The topological polar surface area (TPSA) is 53.4 Å². The minimum atomic E-state index is 0. The lowest BCUT2D eigenvalue weighted by Crippen LogP contribution is -2.30. The summed E-state index contributed by atoms with van der Waals surface area (Å²) in [5, 5.41) is 4.62. The van der Waals surface area contributed by atoms with Gasteiger partial charge in [-0.25, -0.2) is 9.97 Å². The number of hydrogen-bond donors (Lipinski definition) is 1. The van der Waals surface area contributed by atoms with Crippen molar-refractivity contribution >= 4 is 46.0 Å². The van der Waals surface area contributed by atoms with E-state index in [-0.39, 0.29) is 22.4 Å². The van der Waals surface area contributed by atoms with Crippen LogP contribution in [-0.2, 0) is 6.54 Å². The Bertz CT molecular complexity index is 922. The van der Waals surface area contributed by atoms with Crippen molar-refractivity contribution in [3.05, 3.63) is 52.8 Å². The Labute approximate surface area is 181 Å². The molecule has 0 saturated carbocycles. The molecule has 28 heavy (non-hydrogen) atoms. The molecular weight excluding hydrogens is 434 g/mol. The largest absolute Gasteiger partial charge is 0.361 e. The van der Waals surface area contributed by atoms with Crippen molar-refractivity contribution in [3.63, 3.8) is 0 Å². The number of nitrogens with one attached hydrogen (secondary N) is 1. The Morgan fingerprint density at radius 2 is 1.89 bits per heavy atom. The normalized spacial score (nSPS) is 18.6. The molecule has 0 amide bonds. The van der Waals surface area contributed by atoms with Crippen LogP contribution in [0.25, 0.3) is 0 Å². The molecule has 148 valence electrons. The second kappa shape index (κ2) is 8.25. The molecule has 0 radical (unpaired) electrons. The molecule has 1 N–H and O–H groups in total. The average Bonchev–Trinajstić information content (AvgIpc) is 2.64. The third kappa shape index (κ3) is 4.25. The van der Waals surface area contributed by atoms with Gasteiger partial charge in [-0.2, -0.15) is 0 Å². The van der Waals surface area contributed by atoms with Gasteiger partial charge < -0.3 is 10.2 Å². The average molecular weight is 460 g/mol. The monoisotopic (exact) mass is 459 g/mol. The number of aliphatic imine (C=N–C) groups is 1. The van der Waals surface area contributed by atoms with Crippen molar-refractivity contribution in [2.75, 3.05) is 24.3 Å². The van der Waals surface area contributed by atoms with E-state index in [1.165, 1.54) is 21.9 Å². The number of halogens is 1. The third-order valence-electron chi connectivity index (χ3n) is 4.82. The van der Waals surface area contributed by atoms with Crippen molar-refractivity contribution in [1.29, 1.82) is 0 Å². The molecule has 0 saturated heterocycles. The number of fused-ring (bicyclic) bond motifs is 1. The van der Waals surface area contributed by atoms with Crippen LogP contribution >= 0.6 is 28.7 Å². The summed E-state index contributed by atoms with van der Waals surface area (Å²) in [5.74, 6) is 0.921. The highest BCUT2D eigenvalue weighted by Gasteiger charge is 2.36. The summed E-state index contributed by atoms with van der Waals surface area (Å²) in [6.45, 7) is 5.33. The van der Waals surface area contributed by atoms with Crippen molar-refractivity contribution in [2.45, 2.75) is 38.3 Å². The standard InChI is InChI=1S/C21H25N5S.BrH/c1-21(2)10-15(22-12-14-8-6-5-7-9-14)18-16(11-21)25-17-19(26(3)4)23-13-24-20(17)27-18;/h5-9,13,25H,10-12H2,1-4H3;1H. The highest BCUT2D eigenvalue weighted by molar-refractivity contribution is 8.93. The fourth-order valence-corrected chi connectivity index (χ4v) is 4.62. The lowest BCUT2D eigenvalue weighted by molar-refractivity contribution is 0.373. The molecule has 1 aliphatic carbocycles. The molecule has 2 aliphatic rings. The zero-order chi connectivity index (χ0) is 19.0. The van der Waals surface area contributed by atoms with Crippen LogP contribution in [-0.4, -0.2) is 29.8 Å². The van der Waals surface area contributed by atoms with Gasteiger partial charge in [0.25, 0.3) is 0 Å². The van der Waals surface area contributed by atoms with E-state index >= 15 is 0 Å². The summed E-state index contributed by atoms with van der Waals surface area (Å²) < 4.78 is 0. The van der Waals surface area contributed by atoms with Crippen molar-refractivity contribution in [3.8, 4) is 0 Å². The summed E-state index contributed by atoms with van der Waals surface area (Å²) in [7, 11) is 4.02. The summed E-state index contributed by atoms with van der Waals surface area (Å²) >= 11 is 1.73. The quantitative estimate of drug-likeness (QED) is 0.629. The Hall–Kier alpha value is -1.86. The van der Waals surface area contributed by atoms with Crippen LogP contribution in [0, 0.1) is 5.41 Å². The number of thioether (sulfide) groups is 1. The number of benzene rings is 1. The van der Waals surface area contributed by atoms with Gasteiger partial charge in [0, 0.05) is 19.8 Å². The van der Waals surface area contributed by atoms with Gasteiger partial charge in [0.2, 0.25) is 0 Å². The van der Waals surface area contributed by atoms with E-state index in [0.717, 1.165) is 29.4 Å². The lowest BCUT2D eigenvalue weighted by Gasteiger charge is -2.37. The molecule has 0 atom stereocenters. The van der Waals surface area contributed by atoms with E-state index in [9.17, 15) is 0 Å². The van der Waals surface area contributed by atoms with E-state index < -0.39 is 0 Å². The minimum Gasteiger partial charge on any atom is -0.361 e. The van der Waals surface area contributed by atoms with E-state index in [0.29, 0.717) is 6.54 Å². The molecule has 1 aliphatic heterocycles. The maximum Gasteiger partial charge on any atom is 0.156 e. The lowest BCUT2D eigenvalue weighted by atomic mass is 9.78. The van der Waals surface area contributed by atoms with Crippen molar-refractivity contribution in [2.24, 2.45) is 10.4 Å². The number of hydrogen-bond acceptors (Lipinski definition) is 6. The van der Waals surface area contributed by atoms with Crippen molar-refractivity contribution in [1.82, 2.24) is 9.97 Å². The predicted molar refractivity (Wildman–Crippen MR) is 124 cm³/mol. The van der Waals surface area contributed by atoms with E-state index in [1.807, 2.05) is 25.1 Å². The van der Waals surface area contributed by atoms with Gasteiger partial charge in [-0.3, -0.25) is 4.99 Å². The molecule has 1 aromatic carbocycles. The number of anilines is 2. The molecule has 0 bridgehead atoms. The second-order valence-electron chi connectivity index (χ2n) is 8.07. The van der Waals surface area contributed by atoms with Gasteiger partial charge >= 0.3 is 0 Å². The van der Waals surface area contributed by atoms with Gasteiger partial charge in [-0.15, -0.1) is 17.0 Å². The fraction of sp³-hybridized carbons (Fsp3) is 0.381. The SMILES string of the molecule is Br.CN(C)c1ncnc2c1NC1=C(S2)C(=NCc2ccccc2)CC(C)(C)C1. The molecule has 2 aromatic rings. The molecule has 5 nitrogen and oxygen atoms in total. The van der Waals surface area contributed by atoms with Crippen LogP contribution in [0.2, 0.25) is 0 Å². The van der Waals surface area contributed by atoms with E-state index in [1.54, 1.807) is 18.1 Å². The maximum atomic E-state index is 5.01. The highest BCUT2D eigenvalue weighted by Crippen LogP contribution is 2.49. The first-order valence-electron chi connectivity index (χ1n) is 9.21. The molecule has 1 aromatic heterocycles. The molecule has 2 heterocycles. The molecule has 0 spiro atoms. The Morgan fingerprint density at radius 3 is 2.61 bits per heavy atom. The van der Waals surface area contributed by atoms with Crippen LogP contribution in [0.3, 0.4) is 0 Å². The maximum absolute atomic E-state index is 5.01. The van der Waals surface area contributed by atoms with Crippen LogP contribution in [0.1, 0.15) is 32.3 Å². The van der Waals surface area contributed by atoms with Gasteiger partial charge in [0.15, 0.2) is 5.82 Å². The predicted octanol–water partition coefficient (Wildman–Crippen LogP) is 5.31. The van der Waals surface area contributed by atoms with Crippen molar-refractivity contribution < 1.29 is 0 Å². The Kier molecular flexibility index (Phi) is 6.15. The zero-order valence-electron chi connectivity index (χ0n) is 16.7.